The van der Waals surface area contributed by atoms with E-state index in [-0.39, 0.29) is 17.4 Å². The Labute approximate surface area is 128 Å². The van der Waals surface area contributed by atoms with Crippen LogP contribution in [0, 0.1) is 0 Å². The van der Waals surface area contributed by atoms with Crippen LogP contribution in [-0.2, 0) is 16.6 Å². The lowest BCUT2D eigenvalue weighted by molar-refractivity contribution is -0.121. The van der Waals surface area contributed by atoms with Gasteiger partial charge in [-0.05, 0) is 36.0 Å². The highest BCUT2D eigenvalue weighted by molar-refractivity contribution is 5.76. The number of carbonyl (C=O) groups excluding carboxylic acids is 1. The van der Waals surface area contributed by atoms with Crippen LogP contribution in [0.4, 0.5) is 0 Å². The first-order chi connectivity index (χ1) is 9.74. The van der Waals surface area contributed by atoms with Crippen molar-refractivity contribution in [3.63, 3.8) is 0 Å². The molecular weight excluding hydrogens is 264 g/mol. The summed E-state index contributed by atoms with van der Waals surface area (Å²) in [4.78, 5) is 11.7. The molecule has 0 bridgehead atoms. The number of nitrogens with one attached hydrogen (secondary N) is 1. The topological polar surface area (TPSA) is 64.3 Å². The highest BCUT2D eigenvalue weighted by Gasteiger charge is 2.19. The van der Waals surface area contributed by atoms with Crippen LogP contribution < -0.4 is 15.8 Å². The lowest BCUT2D eigenvalue weighted by Crippen LogP contribution is -2.35. The standard InChI is InChI=1S/C17H28N2O2/c1-12(18)11-19-16(20)9-7-13-6-8-15(21-5)14(10-13)17(2,3)4/h6,8,10,12H,7,9,11,18H2,1-5H3,(H,19,20). The van der Waals surface area contributed by atoms with E-state index in [4.69, 9.17) is 10.5 Å². The molecule has 1 unspecified atom stereocenters. The van der Waals surface area contributed by atoms with Crippen molar-refractivity contribution in [2.24, 2.45) is 5.73 Å². The van der Waals surface area contributed by atoms with Crippen molar-refractivity contribution in [2.75, 3.05) is 13.7 Å². The quantitative estimate of drug-likeness (QED) is 0.846. The number of hydrogen-bond donors (Lipinski definition) is 2. The molecule has 1 aromatic rings. The Balaban J connectivity index is 2.70. The predicted molar refractivity (Wildman–Crippen MR) is 86.7 cm³/mol. The number of benzene rings is 1. The second-order valence-electron chi connectivity index (χ2n) is 6.57. The molecule has 0 saturated carbocycles. The Bertz CT molecular complexity index is 476. The summed E-state index contributed by atoms with van der Waals surface area (Å²) in [6, 6.07) is 6.13. The van der Waals surface area contributed by atoms with Gasteiger partial charge in [-0.15, -0.1) is 0 Å². The summed E-state index contributed by atoms with van der Waals surface area (Å²) in [7, 11) is 1.69. The van der Waals surface area contributed by atoms with E-state index >= 15 is 0 Å². The van der Waals surface area contributed by atoms with Gasteiger partial charge in [-0.1, -0.05) is 32.9 Å². The summed E-state index contributed by atoms with van der Waals surface area (Å²) in [6.07, 6.45) is 1.19. The third-order valence-electron chi connectivity index (χ3n) is 3.33. The van der Waals surface area contributed by atoms with Crippen molar-refractivity contribution in [3.05, 3.63) is 29.3 Å². The number of nitrogens with two attached hydrogens (primary N) is 1. The number of aryl methyl sites for hydroxylation is 1. The van der Waals surface area contributed by atoms with Crippen LogP contribution in [0.3, 0.4) is 0 Å². The van der Waals surface area contributed by atoms with Gasteiger partial charge in [0.2, 0.25) is 5.91 Å². The van der Waals surface area contributed by atoms with Gasteiger partial charge < -0.3 is 15.8 Å². The Hall–Kier alpha value is -1.55. The van der Waals surface area contributed by atoms with Crippen molar-refractivity contribution in [1.82, 2.24) is 5.32 Å². The zero-order valence-electron chi connectivity index (χ0n) is 13.8. The van der Waals surface area contributed by atoms with Crippen LogP contribution in [0.2, 0.25) is 0 Å². The molecule has 118 valence electrons. The Morgan fingerprint density at radius 2 is 2.05 bits per heavy atom. The number of methoxy groups -OCH3 is 1. The first-order valence-corrected chi connectivity index (χ1v) is 7.43. The van der Waals surface area contributed by atoms with Crippen molar-refractivity contribution in [1.29, 1.82) is 0 Å². The molecule has 0 saturated heterocycles. The maximum Gasteiger partial charge on any atom is 0.220 e. The van der Waals surface area contributed by atoms with Crippen LogP contribution in [0.5, 0.6) is 5.75 Å². The maximum atomic E-state index is 11.7. The molecule has 0 aromatic heterocycles. The molecule has 0 aliphatic heterocycles. The molecular formula is C17H28N2O2. The summed E-state index contributed by atoms with van der Waals surface area (Å²) in [6.45, 7) is 8.87. The van der Waals surface area contributed by atoms with E-state index in [1.54, 1.807) is 7.11 Å². The van der Waals surface area contributed by atoms with Crippen molar-refractivity contribution in [3.8, 4) is 5.75 Å². The summed E-state index contributed by atoms with van der Waals surface area (Å²) >= 11 is 0. The number of rotatable bonds is 6. The molecule has 0 spiro atoms. The highest BCUT2D eigenvalue weighted by Crippen LogP contribution is 2.32. The van der Waals surface area contributed by atoms with Gasteiger partial charge in [0.25, 0.3) is 0 Å². The SMILES string of the molecule is COc1ccc(CCC(=O)NCC(C)N)cc1C(C)(C)C. The Morgan fingerprint density at radius 3 is 2.57 bits per heavy atom. The highest BCUT2D eigenvalue weighted by atomic mass is 16.5. The largest absolute Gasteiger partial charge is 0.496 e. The molecule has 0 heterocycles. The van der Waals surface area contributed by atoms with Gasteiger partial charge in [0.15, 0.2) is 0 Å². The molecule has 1 amide bonds. The molecule has 1 rings (SSSR count). The summed E-state index contributed by atoms with van der Waals surface area (Å²) < 4.78 is 5.42. The van der Waals surface area contributed by atoms with Gasteiger partial charge in [0, 0.05) is 19.0 Å². The van der Waals surface area contributed by atoms with E-state index in [2.05, 4.69) is 32.2 Å². The van der Waals surface area contributed by atoms with Gasteiger partial charge in [0.1, 0.15) is 5.75 Å². The smallest absolute Gasteiger partial charge is 0.220 e. The van der Waals surface area contributed by atoms with E-state index in [9.17, 15) is 4.79 Å². The van der Waals surface area contributed by atoms with Crippen LogP contribution >= 0.6 is 0 Å². The molecule has 4 nitrogen and oxygen atoms in total. The molecule has 0 aliphatic rings. The molecule has 21 heavy (non-hydrogen) atoms. The first-order valence-electron chi connectivity index (χ1n) is 7.43. The first kappa shape index (κ1) is 17.5. The van der Waals surface area contributed by atoms with Gasteiger partial charge in [0.05, 0.1) is 7.11 Å². The van der Waals surface area contributed by atoms with Crippen molar-refractivity contribution >= 4 is 5.91 Å². The predicted octanol–water partition coefficient (Wildman–Crippen LogP) is 2.39. The number of carbonyl (C=O) groups is 1. The van der Waals surface area contributed by atoms with Crippen LogP contribution in [-0.4, -0.2) is 25.6 Å². The van der Waals surface area contributed by atoms with E-state index in [0.29, 0.717) is 13.0 Å². The molecule has 3 N–H and O–H groups in total. The van der Waals surface area contributed by atoms with Gasteiger partial charge >= 0.3 is 0 Å². The zero-order valence-corrected chi connectivity index (χ0v) is 13.8. The summed E-state index contributed by atoms with van der Waals surface area (Å²) in [5.74, 6) is 0.938. The molecule has 4 heteroatoms. The average Bonchev–Trinajstić information content (AvgIpc) is 2.41. The van der Waals surface area contributed by atoms with E-state index in [0.717, 1.165) is 17.7 Å². The molecule has 0 fully saturated rings. The minimum Gasteiger partial charge on any atom is -0.496 e. The van der Waals surface area contributed by atoms with Gasteiger partial charge in [-0.3, -0.25) is 4.79 Å². The second-order valence-corrected chi connectivity index (χ2v) is 6.57. The van der Waals surface area contributed by atoms with Crippen molar-refractivity contribution in [2.45, 2.75) is 52.0 Å². The van der Waals surface area contributed by atoms with E-state index in [1.165, 1.54) is 5.56 Å². The molecule has 0 aliphatic carbocycles. The normalized spacial score (nSPS) is 12.9. The average molecular weight is 292 g/mol. The Kier molecular flexibility index (Phi) is 6.21. The number of amides is 1. The molecule has 1 aromatic carbocycles. The summed E-state index contributed by atoms with van der Waals surface area (Å²) in [5, 5.41) is 2.83. The second kappa shape index (κ2) is 7.46. The van der Waals surface area contributed by atoms with Crippen molar-refractivity contribution < 1.29 is 9.53 Å². The van der Waals surface area contributed by atoms with E-state index < -0.39 is 0 Å². The fourth-order valence-electron chi connectivity index (χ4n) is 2.12. The molecule has 1 atom stereocenters. The molecule has 0 radical (unpaired) electrons. The fourth-order valence-corrected chi connectivity index (χ4v) is 2.12. The van der Waals surface area contributed by atoms with Gasteiger partial charge in [-0.2, -0.15) is 0 Å². The van der Waals surface area contributed by atoms with E-state index in [1.807, 2.05) is 19.1 Å². The number of hydrogen-bond acceptors (Lipinski definition) is 3. The summed E-state index contributed by atoms with van der Waals surface area (Å²) in [5.41, 5.74) is 7.95. The zero-order chi connectivity index (χ0) is 16.0. The third-order valence-corrected chi connectivity index (χ3v) is 3.33. The van der Waals surface area contributed by atoms with Crippen LogP contribution in [0.25, 0.3) is 0 Å². The fraction of sp³-hybridized carbons (Fsp3) is 0.588. The van der Waals surface area contributed by atoms with Crippen LogP contribution in [0.1, 0.15) is 45.2 Å². The minimum absolute atomic E-state index is 0.0116. The maximum absolute atomic E-state index is 11.7. The third kappa shape index (κ3) is 5.76. The minimum atomic E-state index is -0.0116. The van der Waals surface area contributed by atoms with Crippen LogP contribution in [0.15, 0.2) is 18.2 Å². The monoisotopic (exact) mass is 292 g/mol. The Morgan fingerprint density at radius 1 is 1.38 bits per heavy atom. The number of ether oxygens (including phenoxy) is 1. The lowest BCUT2D eigenvalue weighted by atomic mass is 9.85. The van der Waals surface area contributed by atoms with Gasteiger partial charge in [-0.25, -0.2) is 0 Å². The lowest BCUT2D eigenvalue weighted by Gasteiger charge is -2.23.